The van der Waals surface area contributed by atoms with Crippen molar-refractivity contribution in [1.29, 1.82) is 0 Å². The molecule has 114 valence electrons. The fraction of sp³-hybridized carbons (Fsp3) is 0.375. The summed E-state index contributed by atoms with van der Waals surface area (Å²) in [5, 5.41) is 0. The molecular weight excluding hydrogens is 272 g/mol. The van der Waals surface area contributed by atoms with Crippen LogP contribution in [0.25, 0.3) is 6.08 Å². The number of methoxy groups -OCH3 is 3. The Morgan fingerprint density at radius 1 is 1.14 bits per heavy atom. The van der Waals surface area contributed by atoms with Crippen LogP contribution in [0, 0.1) is 5.92 Å². The molecule has 1 unspecified atom stereocenters. The van der Waals surface area contributed by atoms with E-state index in [1.54, 1.807) is 39.4 Å². The second-order valence-corrected chi connectivity index (χ2v) is 4.53. The lowest BCUT2D eigenvalue weighted by molar-refractivity contribution is -0.143. The first-order valence-corrected chi connectivity index (χ1v) is 6.52. The highest BCUT2D eigenvalue weighted by molar-refractivity contribution is 5.96. The number of allylic oxidation sites excluding steroid dienone is 1. The van der Waals surface area contributed by atoms with Gasteiger partial charge in [0.25, 0.3) is 0 Å². The van der Waals surface area contributed by atoms with Crippen LogP contribution in [0.2, 0.25) is 0 Å². The summed E-state index contributed by atoms with van der Waals surface area (Å²) in [5.41, 5.74) is 0.811. The van der Waals surface area contributed by atoms with E-state index in [0.29, 0.717) is 11.5 Å². The van der Waals surface area contributed by atoms with Crippen molar-refractivity contribution in [2.75, 3.05) is 21.3 Å². The first kappa shape index (κ1) is 16.8. The number of esters is 1. The molecular formula is C16H20O5. The molecule has 5 heteroatoms. The predicted octanol–water partition coefficient (Wildman–Crippen LogP) is 2.49. The van der Waals surface area contributed by atoms with E-state index in [9.17, 15) is 9.59 Å². The molecule has 0 amide bonds. The number of carbonyl (C=O) groups excluding carboxylic acids is 2. The van der Waals surface area contributed by atoms with Crippen molar-refractivity contribution < 1.29 is 23.8 Å². The summed E-state index contributed by atoms with van der Waals surface area (Å²) in [4.78, 5) is 23.0. The van der Waals surface area contributed by atoms with Gasteiger partial charge >= 0.3 is 5.97 Å². The highest BCUT2D eigenvalue weighted by Gasteiger charge is 2.14. The molecule has 1 atom stereocenters. The molecule has 5 nitrogen and oxygen atoms in total. The Hall–Kier alpha value is -2.30. The van der Waals surface area contributed by atoms with Gasteiger partial charge in [-0.2, -0.15) is 0 Å². The van der Waals surface area contributed by atoms with Gasteiger partial charge in [-0.05, 0) is 23.8 Å². The summed E-state index contributed by atoms with van der Waals surface area (Å²) in [6, 6.07) is 5.35. The average molecular weight is 292 g/mol. The number of ether oxygens (including phenoxy) is 3. The van der Waals surface area contributed by atoms with Crippen LogP contribution in [0.5, 0.6) is 11.5 Å². The Morgan fingerprint density at radius 3 is 2.38 bits per heavy atom. The molecule has 0 aromatic heterocycles. The zero-order valence-corrected chi connectivity index (χ0v) is 12.7. The molecule has 0 aliphatic carbocycles. The molecule has 0 heterocycles. The SMILES string of the molecule is COC(=O)CC(C)C(=O)/C=C/c1ccc(OC)c(OC)c1. The lowest BCUT2D eigenvalue weighted by Gasteiger charge is -2.08. The predicted molar refractivity (Wildman–Crippen MR) is 79.4 cm³/mol. The standard InChI is InChI=1S/C16H20O5/c1-11(9-16(18)21-4)13(17)7-5-12-6-8-14(19-2)15(10-12)20-3/h5-8,10-11H,9H2,1-4H3/b7-5+. The van der Waals surface area contributed by atoms with Gasteiger partial charge in [-0.25, -0.2) is 0 Å². The average Bonchev–Trinajstić information content (AvgIpc) is 2.51. The molecule has 0 fully saturated rings. The maximum atomic E-state index is 11.9. The van der Waals surface area contributed by atoms with Gasteiger partial charge in [-0.1, -0.05) is 19.1 Å². The van der Waals surface area contributed by atoms with Gasteiger partial charge in [0.05, 0.1) is 27.8 Å². The fourth-order valence-corrected chi connectivity index (χ4v) is 1.73. The van der Waals surface area contributed by atoms with E-state index in [1.807, 2.05) is 6.07 Å². The van der Waals surface area contributed by atoms with E-state index in [1.165, 1.54) is 13.2 Å². The van der Waals surface area contributed by atoms with E-state index < -0.39 is 11.9 Å². The Balaban J connectivity index is 2.76. The van der Waals surface area contributed by atoms with Crippen LogP contribution in [-0.4, -0.2) is 33.1 Å². The molecule has 1 aromatic carbocycles. The van der Waals surface area contributed by atoms with Crippen molar-refractivity contribution in [2.24, 2.45) is 5.92 Å². The van der Waals surface area contributed by atoms with Crippen molar-refractivity contribution in [2.45, 2.75) is 13.3 Å². The summed E-state index contributed by atoms with van der Waals surface area (Å²) in [6.07, 6.45) is 3.21. The summed E-state index contributed by atoms with van der Waals surface area (Å²) in [5.74, 6) is 0.286. The van der Waals surface area contributed by atoms with Crippen molar-refractivity contribution in [1.82, 2.24) is 0 Å². The minimum atomic E-state index is -0.408. The van der Waals surface area contributed by atoms with Gasteiger partial charge in [0.2, 0.25) is 0 Å². The van der Waals surface area contributed by atoms with Crippen molar-refractivity contribution in [3.05, 3.63) is 29.8 Å². The number of carbonyl (C=O) groups is 2. The van der Waals surface area contributed by atoms with E-state index in [2.05, 4.69) is 4.74 Å². The normalized spacial score (nSPS) is 12.0. The highest BCUT2D eigenvalue weighted by atomic mass is 16.5. The first-order valence-electron chi connectivity index (χ1n) is 6.52. The largest absolute Gasteiger partial charge is 0.493 e. The fourth-order valence-electron chi connectivity index (χ4n) is 1.73. The lowest BCUT2D eigenvalue weighted by atomic mass is 10.0. The van der Waals surface area contributed by atoms with E-state index in [4.69, 9.17) is 9.47 Å². The van der Waals surface area contributed by atoms with E-state index in [-0.39, 0.29) is 12.2 Å². The third-order valence-corrected chi connectivity index (χ3v) is 3.03. The van der Waals surface area contributed by atoms with Crippen LogP contribution in [0.1, 0.15) is 18.9 Å². The van der Waals surface area contributed by atoms with Crippen LogP contribution >= 0.6 is 0 Å². The third-order valence-electron chi connectivity index (χ3n) is 3.03. The molecule has 1 rings (SSSR count). The molecule has 0 aliphatic rings. The van der Waals surface area contributed by atoms with Crippen molar-refractivity contribution in [3.63, 3.8) is 0 Å². The third kappa shape index (κ3) is 4.95. The second-order valence-electron chi connectivity index (χ2n) is 4.53. The van der Waals surface area contributed by atoms with Gasteiger partial charge < -0.3 is 14.2 Å². The van der Waals surface area contributed by atoms with Gasteiger partial charge in [0.1, 0.15) is 0 Å². The Morgan fingerprint density at radius 2 is 1.81 bits per heavy atom. The minimum Gasteiger partial charge on any atom is -0.493 e. The number of rotatable bonds is 7. The molecule has 21 heavy (non-hydrogen) atoms. The van der Waals surface area contributed by atoms with Crippen molar-refractivity contribution >= 4 is 17.8 Å². The Bertz CT molecular complexity index is 533. The van der Waals surface area contributed by atoms with Crippen LogP contribution in [0.15, 0.2) is 24.3 Å². The monoisotopic (exact) mass is 292 g/mol. The molecule has 0 saturated carbocycles. The Labute approximate surface area is 124 Å². The molecule has 0 spiro atoms. The molecule has 0 radical (unpaired) electrons. The zero-order chi connectivity index (χ0) is 15.8. The molecule has 1 aromatic rings. The maximum Gasteiger partial charge on any atom is 0.306 e. The number of hydrogen-bond acceptors (Lipinski definition) is 5. The van der Waals surface area contributed by atoms with E-state index >= 15 is 0 Å². The first-order chi connectivity index (χ1) is 10.0. The van der Waals surface area contributed by atoms with Gasteiger partial charge in [0.15, 0.2) is 17.3 Å². The number of hydrogen-bond donors (Lipinski definition) is 0. The van der Waals surface area contributed by atoms with Crippen LogP contribution < -0.4 is 9.47 Å². The summed E-state index contributed by atoms with van der Waals surface area (Å²) in [7, 11) is 4.42. The van der Waals surface area contributed by atoms with Gasteiger partial charge in [0, 0.05) is 5.92 Å². The molecule has 0 aliphatic heterocycles. The Kier molecular flexibility index (Phi) is 6.46. The topological polar surface area (TPSA) is 61.8 Å². The molecule has 0 N–H and O–H groups in total. The number of ketones is 1. The summed E-state index contributed by atoms with van der Waals surface area (Å²) < 4.78 is 14.9. The number of benzene rings is 1. The van der Waals surface area contributed by atoms with Crippen LogP contribution in [0.3, 0.4) is 0 Å². The minimum absolute atomic E-state index is 0.0750. The van der Waals surface area contributed by atoms with Gasteiger partial charge in [-0.15, -0.1) is 0 Å². The maximum absolute atomic E-state index is 11.9. The smallest absolute Gasteiger partial charge is 0.306 e. The second kappa shape index (κ2) is 8.09. The van der Waals surface area contributed by atoms with Crippen molar-refractivity contribution in [3.8, 4) is 11.5 Å². The lowest BCUT2D eigenvalue weighted by Crippen LogP contribution is -2.14. The van der Waals surface area contributed by atoms with E-state index in [0.717, 1.165) is 5.56 Å². The molecule has 0 saturated heterocycles. The van der Waals surface area contributed by atoms with Crippen LogP contribution in [-0.2, 0) is 14.3 Å². The van der Waals surface area contributed by atoms with Gasteiger partial charge in [-0.3, -0.25) is 9.59 Å². The highest BCUT2D eigenvalue weighted by Crippen LogP contribution is 2.28. The van der Waals surface area contributed by atoms with Crippen LogP contribution in [0.4, 0.5) is 0 Å². The summed E-state index contributed by atoms with van der Waals surface area (Å²) >= 11 is 0. The molecule has 0 bridgehead atoms. The summed E-state index contributed by atoms with van der Waals surface area (Å²) in [6.45, 7) is 1.69. The zero-order valence-electron chi connectivity index (χ0n) is 12.7. The quantitative estimate of drug-likeness (QED) is 0.570.